The zero-order valence-corrected chi connectivity index (χ0v) is 6.64. The molecular formula is C7H9ClN2O. The molecule has 0 heterocycles. The van der Waals surface area contributed by atoms with Crippen molar-refractivity contribution in [1.82, 2.24) is 0 Å². The number of hydrogen-bond acceptors (Lipinski definition) is 3. The maximum atomic E-state index is 5.36. The van der Waals surface area contributed by atoms with Gasteiger partial charge in [0.1, 0.15) is 5.75 Å². The highest BCUT2D eigenvalue weighted by molar-refractivity contribution is 6.17. The van der Waals surface area contributed by atoms with Crippen molar-refractivity contribution < 1.29 is 4.74 Å². The Hall–Kier alpha value is -0.930. The first kappa shape index (κ1) is 8.17. The molecule has 4 heteroatoms. The maximum absolute atomic E-state index is 5.36. The predicted octanol–water partition coefficient (Wildman–Crippen LogP) is 1.55. The van der Waals surface area contributed by atoms with E-state index < -0.39 is 0 Å². The summed E-state index contributed by atoms with van der Waals surface area (Å²) in [5, 5.41) is 0. The molecule has 0 aliphatic carbocycles. The SMILES string of the molecule is NNc1cccc(OCCl)c1. The highest BCUT2D eigenvalue weighted by Gasteiger charge is 1.92. The molecule has 0 aliphatic heterocycles. The van der Waals surface area contributed by atoms with E-state index in [1.54, 1.807) is 6.07 Å². The highest BCUT2D eigenvalue weighted by atomic mass is 35.5. The average Bonchev–Trinajstić information content (AvgIpc) is 2.06. The van der Waals surface area contributed by atoms with Gasteiger partial charge in [0.15, 0.2) is 6.07 Å². The third-order valence-corrected chi connectivity index (χ3v) is 1.33. The molecule has 0 saturated carbocycles. The molecule has 0 atom stereocenters. The van der Waals surface area contributed by atoms with E-state index in [1.165, 1.54) is 0 Å². The molecule has 0 aliphatic rings. The second kappa shape index (κ2) is 4.05. The van der Waals surface area contributed by atoms with Gasteiger partial charge >= 0.3 is 0 Å². The number of nitrogen functional groups attached to an aromatic ring is 1. The van der Waals surface area contributed by atoms with E-state index in [0.29, 0.717) is 5.75 Å². The number of benzene rings is 1. The molecule has 0 saturated heterocycles. The number of rotatable bonds is 3. The van der Waals surface area contributed by atoms with Gasteiger partial charge in [0.25, 0.3) is 0 Å². The van der Waals surface area contributed by atoms with E-state index in [9.17, 15) is 0 Å². The number of anilines is 1. The van der Waals surface area contributed by atoms with Crippen LogP contribution in [0.25, 0.3) is 0 Å². The van der Waals surface area contributed by atoms with E-state index in [1.807, 2.05) is 18.2 Å². The van der Waals surface area contributed by atoms with Gasteiger partial charge in [-0.3, -0.25) is 5.84 Å². The summed E-state index contributed by atoms with van der Waals surface area (Å²) < 4.78 is 5.02. The topological polar surface area (TPSA) is 47.3 Å². The number of nitrogens with one attached hydrogen (secondary N) is 1. The van der Waals surface area contributed by atoms with E-state index in [-0.39, 0.29) is 6.07 Å². The monoisotopic (exact) mass is 172 g/mol. The quantitative estimate of drug-likeness (QED) is 0.413. The van der Waals surface area contributed by atoms with Crippen molar-refractivity contribution in [3.8, 4) is 5.75 Å². The standard InChI is InChI=1S/C7H9ClN2O/c8-5-11-7-3-1-2-6(4-7)10-9/h1-4,10H,5,9H2. The Morgan fingerprint density at radius 1 is 1.55 bits per heavy atom. The molecule has 0 aromatic heterocycles. The Kier molecular flexibility index (Phi) is 3.01. The second-order valence-electron chi connectivity index (χ2n) is 1.93. The summed E-state index contributed by atoms with van der Waals surface area (Å²) in [5.74, 6) is 5.88. The number of hydrazine groups is 1. The first-order valence-electron chi connectivity index (χ1n) is 3.12. The molecule has 60 valence electrons. The average molecular weight is 173 g/mol. The van der Waals surface area contributed by atoms with Crippen LogP contribution in [0.15, 0.2) is 24.3 Å². The molecule has 0 fully saturated rings. The fourth-order valence-corrected chi connectivity index (χ4v) is 0.865. The van der Waals surface area contributed by atoms with Crippen LogP contribution in [-0.4, -0.2) is 6.07 Å². The van der Waals surface area contributed by atoms with Crippen molar-refractivity contribution >= 4 is 17.3 Å². The Morgan fingerprint density at radius 2 is 2.36 bits per heavy atom. The minimum atomic E-state index is 0.147. The van der Waals surface area contributed by atoms with Crippen molar-refractivity contribution in [2.75, 3.05) is 11.5 Å². The third-order valence-electron chi connectivity index (χ3n) is 1.22. The molecule has 1 aromatic rings. The third kappa shape index (κ3) is 2.29. The van der Waals surface area contributed by atoms with Gasteiger partial charge in [-0.15, -0.1) is 0 Å². The smallest absolute Gasteiger partial charge is 0.162 e. The van der Waals surface area contributed by atoms with E-state index >= 15 is 0 Å². The van der Waals surface area contributed by atoms with Gasteiger partial charge in [0.2, 0.25) is 0 Å². The molecule has 0 spiro atoms. The van der Waals surface area contributed by atoms with Gasteiger partial charge in [-0.2, -0.15) is 0 Å². The number of nitrogens with two attached hydrogens (primary N) is 1. The minimum Gasteiger partial charge on any atom is -0.478 e. The van der Waals surface area contributed by atoms with Crippen LogP contribution in [0.1, 0.15) is 0 Å². The predicted molar refractivity (Wildman–Crippen MR) is 45.6 cm³/mol. The molecule has 3 nitrogen and oxygen atoms in total. The first-order valence-corrected chi connectivity index (χ1v) is 3.65. The Balaban J connectivity index is 2.74. The number of ether oxygens (including phenoxy) is 1. The summed E-state index contributed by atoms with van der Waals surface area (Å²) in [4.78, 5) is 0. The molecule has 3 N–H and O–H groups in total. The lowest BCUT2D eigenvalue weighted by atomic mass is 10.3. The van der Waals surface area contributed by atoms with Gasteiger partial charge in [0.05, 0.1) is 5.69 Å². The molecule has 0 bridgehead atoms. The lowest BCUT2D eigenvalue weighted by molar-refractivity contribution is 0.388. The van der Waals surface area contributed by atoms with Crippen LogP contribution in [0.2, 0.25) is 0 Å². The fourth-order valence-electron chi connectivity index (χ4n) is 0.739. The first-order chi connectivity index (χ1) is 5.36. The Bertz CT molecular complexity index is 229. The van der Waals surface area contributed by atoms with Crippen LogP contribution in [-0.2, 0) is 0 Å². The highest BCUT2D eigenvalue weighted by Crippen LogP contribution is 2.16. The zero-order chi connectivity index (χ0) is 8.10. The largest absolute Gasteiger partial charge is 0.478 e. The molecule has 11 heavy (non-hydrogen) atoms. The molecule has 1 aromatic carbocycles. The fraction of sp³-hybridized carbons (Fsp3) is 0.143. The van der Waals surface area contributed by atoms with Crippen LogP contribution < -0.4 is 16.0 Å². The van der Waals surface area contributed by atoms with Crippen LogP contribution in [0.3, 0.4) is 0 Å². The molecular weight excluding hydrogens is 164 g/mol. The Labute approximate surface area is 70.1 Å². The lowest BCUT2D eigenvalue weighted by Crippen LogP contribution is -2.06. The number of hydrogen-bond donors (Lipinski definition) is 2. The van der Waals surface area contributed by atoms with Gasteiger partial charge in [-0.25, -0.2) is 0 Å². The maximum Gasteiger partial charge on any atom is 0.162 e. The van der Waals surface area contributed by atoms with Crippen molar-refractivity contribution in [1.29, 1.82) is 0 Å². The number of alkyl halides is 1. The van der Waals surface area contributed by atoms with E-state index in [0.717, 1.165) is 5.69 Å². The van der Waals surface area contributed by atoms with E-state index in [2.05, 4.69) is 5.43 Å². The summed E-state index contributed by atoms with van der Waals surface area (Å²) in [5.41, 5.74) is 3.30. The normalized spacial score (nSPS) is 9.27. The number of halogens is 1. The van der Waals surface area contributed by atoms with Crippen LogP contribution >= 0.6 is 11.6 Å². The van der Waals surface area contributed by atoms with Crippen LogP contribution in [0.5, 0.6) is 5.75 Å². The van der Waals surface area contributed by atoms with Crippen molar-refractivity contribution in [2.24, 2.45) is 5.84 Å². The summed E-state index contributed by atoms with van der Waals surface area (Å²) in [6, 6.07) is 7.39. The van der Waals surface area contributed by atoms with Gasteiger partial charge in [0, 0.05) is 6.07 Å². The second-order valence-corrected chi connectivity index (χ2v) is 2.14. The zero-order valence-electron chi connectivity index (χ0n) is 5.88. The van der Waals surface area contributed by atoms with Crippen molar-refractivity contribution in [3.05, 3.63) is 24.3 Å². The summed E-state index contributed by atoms with van der Waals surface area (Å²) in [6.45, 7) is 0. The molecule has 1 rings (SSSR count). The van der Waals surface area contributed by atoms with Crippen molar-refractivity contribution in [3.63, 3.8) is 0 Å². The molecule has 0 unspecified atom stereocenters. The minimum absolute atomic E-state index is 0.147. The molecule has 0 amide bonds. The summed E-state index contributed by atoms with van der Waals surface area (Å²) in [7, 11) is 0. The van der Waals surface area contributed by atoms with Gasteiger partial charge in [-0.1, -0.05) is 17.7 Å². The summed E-state index contributed by atoms with van der Waals surface area (Å²) in [6.07, 6.45) is 0. The van der Waals surface area contributed by atoms with Gasteiger partial charge < -0.3 is 10.2 Å². The Morgan fingerprint density at radius 3 is 3.00 bits per heavy atom. The van der Waals surface area contributed by atoms with E-state index in [4.69, 9.17) is 22.2 Å². The molecule has 0 radical (unpaired) electrons. The van der Waals surface area contributed by atoms with Crippen LogP contribution in [0.4, 0.5) is 5.69 Å². The lowest BCUT2D eigenvalue weighted by Gasteiger charge is -2.03. The van der Waals surface area contributed by atoms with Crippen molar-refractivity contribution in [2.45, 2.75) is 0 Å². The summed E-state index contributed by atoms with van der Waals surface area (Å²) >= 11 is 5.36. The van der Waals surface area contributed by atoms with Crippen LogP contribution in [0, 0.1) is 0 Å². The van der Waals surface area contributed by atoms with Gasteiger partial charge in [-0.05, 0) is 12.1 Å².